The third-order valence-corrected chi connectivity index (χ3v) is 15.1. The first-order valence-corrected chi connectivity index (χ1v) is 23.0. The molecule has 9 aromatic carbocycles. The summed E-state index contributed by atoms with van der Waals surface area (Å²) in [6.45, 7) is 13.6. The van der Waals surface area contributed by atoms with Crippen LogP contribution < -0.4 is 0 Å². The van der Waals surface area contributed by atoms with Gasteiger partial charge in [0.15, 0.2) is 0 Å². The molecule has 0 saturated carbocycles. The Morgan fingerprint density at radius 2 is 0.908 bits per heavy atom. The van der Waals surface area contributed by atoms with E-state index < -0.39 is 60.4 Å². The van der Waals surface area contributed by atoms with Crippen molar-refractivity contribution in [3.63, 3.8) is 0 Å². The average Bonchev–Trinajstić information content (AvgIpc) is 4.18. The van der Waals surface area contributed by atoms with Crippen LogP contribution in [0.2, 0.25) is 0 Å². The predicted octanol–water partition coefficient (Wildman–Crippen LogP) is 18.0. The van der Waals surface area contributed by atoms with E-state index in [9.17, 15) is 0 Å². The topological polar surface area (TPSA) is 8.82 Å². The molecular weight excluding hydrogens is 805 g/mol. The predicted molar refractivity (Wildman–Crippen MR) is 282 cm³/mol. The lowest BCUT2D eigenvalue weighted by molar-refractivity contribution is 0.590. The Bertz CT molecular complexity index is 4770. The monoisotopic (exact) mass is 860 g/mol. The Kier molecular flexibility index (Phi) is 5.60. The molecule has 5 aromatic heterocycles. The molecule has 0 aliphatic heterocycles. The molecule has 14 aromatic rings. The molecule has 0 aliphatic rings. The lowest BCUT2D eigenvalue weighted by Gasteiger charge is -2.20. The van der Waals surface area contributed by atoms with Gasteiger partial charge in [-0.25, -0.2) is 0 Å². The van der Waals surface area contributed by atoms with E-state index in [1.807, 2.05) is 6.07 Å². The van der Waals surface area contributed by atoms with Crippen molar-refractivity contribution in [3.05, 3.63) is 181 Å². The maximum absolute atomic E-state index is 9.01. The molecule has 310 valence electrons. The van der Waals surface area contributed by atoms with Gasteiger partial charge >= 0.3 is 0 Å². The van der Waals surface area contributed by atoms with E-state index >= 15 is 0 Å². The summed E-state index contributed by atoms with van der Waals surface area (Å²) in [4.78, 5) is 0. The summed E-state index contributed by atoms with van der Waals surface area (Å²) in [6, 6.07) is 34.2. The van der Waals surface area contributed by atoms with Gasteiger partial charge in [0.1, 0.15) is 0 Å². The Morgan fingerprint density at radius 1 is 0.369 bits per heavy atom. The summed E-state index contributed by atoms with van der Waals surface area (Å²) in [5.74, 6) is 0. The molecule has 0 N–H and O–H groups in total. The second kappa shape index (κ2) is 12.7. The normalized spacial score (nSPS) is 15.2. The average molecular weight is 861 g/mol. The molecule has 0 bridgehead atoms. The highest BCUT2D eigenvalue weighted by atomic mass is 32.1. The summed E-state index contributed by atoms with van der Waals surface area (Å²) in [6.07, 6.45) is 0. The number of fused-ring (bicyclic) bond motifs is 16. The lowest BCUT2D eigenvalue weighted by atomic mass is 9.84. The van der Waals surface area contributed by atoms with E-state index in [0.29, 0.717) is 5.56 Å². The fourth-order valence-corrected chi connectivity index (χ4v) is 12.0. The lowest BCUT2D eigenvalue weighted by Crippen LogP contribution is -2.11. The Labute approximate surface area is 395 Å². The third kappa shape index (κ3) is 5.16. The van der Waals surface area contributed by atoms with Gasteiger partial charge in [-0.2, -0.15) is 0 Å². The summed E-state index contributed by atoms with van der Waals surface area (Å²) in [5, 5.41) is 11.7. The number of thiophene rings is 1. The smallest absolute Gasteiger partial charge is 0.0629 e. The maximum Gasteiger partial charge on any atom is 0.0629 e. The van der Waals surface area contributed by atoms with Crippen molar-refractivity contribution in [2.75, 3.05) is 0 Å². The van der Waals surface area contributed by atoms with E-state index in [4.69, 9.17) is 13.7 Å². The van der Waals surface area contributed by atoms with Crippen molar-refractivity contribution in [2.45, 2.75) is 52.4 Å². The highest BCUT2D eigenvalue weighted by Crippen LogP contribution is 2.51. The van der Waals surface area contributed by atoms with Crippen LogP contribution in [-0.4, -0.2) is 8.80 Å². The van der Waals surface area contributed by atoms with Crippen LogP contribution in [0.3, 0.4) is 0 Å². The summed E-state index contributed by atoms with van der Waals surface area (Å²) in [5.41, 5.74) is 10.7. The van der Waals surface area contributed by atoms with Crippen molar-refractivity contribution in [3.8, 4) is 33.4 Å². The summed E-state index contributed by atoms with van der Waals surface area (Å²) in [7, 11) is 0. The number of rotatable bonds is 3. The molecule has 0 atom stereocenters. The number of hydrogen-bond acceptors (Lipinski definition) is 1. The number of benzene rings is 9. The second-order valence-electron chi connectivity index (χ2n) is 19.9. The minimum atomic E-state index is -0.527. The van der Waals surface area contributed by atoms with Crippen molar-refractivity contribution in [1.82, 2.24) is 8.80 Å². The molecule has 0 radical (unpaired) electrons. The molecule has 0 unspecified atom stereocenters. The standard InChI is InChI=1S/C62H46N2S/c1-61(2,3)41-22-24-51-45(29-41)48-30-42(62(4,5)6)31-49-46-32-54-47(33-53(46)63(51)59(48)49)50-34-56-57(44-19-13-14-20-55(44)65-56)58-43-23-21-37(28-52(43)64(54)60(50)58)40-26-38(35-15-9-7-10-16-35)25-39(27-40)36-17-11-8-12-18-36/h7-34H,1-6H3/i7D,8D,9D,10D,11D,12D,15D,16D,17D,18D. The van der Waals surface area contributed by atoms with Gasteiger partial charge in [0, 0.05) is 63.3 Å². The van der Waals surface area contributed by atoms with Crippen LogP contribution in [0, 0.1) is 0 Å². The highest BCUT2D eigenvalue weighted by molar-refractivity contribution is 7.26. The zero-order valence-corrected chi connectivity index (χ0v) is 37.5. The number of aromatic nitrogens is 2. The fraction of sp³-hybridized carbons (Fsp3) is 0.129. The van der Waals surface area contributed by atoms with Gasteiger partial charge < -0.3 is 8.80 Å². The van der Waals surface area contributed by atoms with E-state index in [1.165, 1.54) is 58.5 Å². The van der Waals surface area contributed by atoms with Crippen LogP contribution in [0.1, 0.15) is 66.4 Å². The van der Waals surface area contributed by atoms with Crippen LogP contribution in [0.25, 0.3) is 130 Å². The molecule has 0 spiro atoms. The highest BCUT2D eigenvalue weighted by Gasteiger charge is 2.27. The van der Waals surface area contributed by atoms with Crippen LogP contribution in [0.5, 0.6) is 0 Å². The molecule has 14 rings (SSSR count). The van der Waals surface area contributed by atoms with Crippen molar-refractivity contribution < 1.29 is 13.7 Å². The van der Waals surface area contributed by atoms with Crippen molar-refractivity contribution in [2.24, 2.45) is 0 Å². The van der Waals surface area contributed by atoms with Gasteiger partial charge in [0.2, 0.25) is 0 Å². The second-order valence-corrected chi connectivity index (χ2v) is 20.9. The van der Waals surface area contributed by atoms with Gasteiger partial charge in [-0.05, 0) is 128 Å². The van der Waals surface area contributed by atoms with Gasteiger partial charge in [-0.15, -0.1) is 11.3 Å². The molecule has 0 aliphatic carbocycles. The Balaban J connectivity index is 1.12. The first-order valence-electron chi connectivity index (χ1n) is 27.2. The molecule has 0 saturated heterocycles. The number of hydrogen-bond donors (Lipinski definition) is 0. The molecule has 2 nitrogen and oxygen atoms in total. The first-order chi connectivity index (χ1) is 35.6. The molecular formula is C62H46N2S. The van der Waals surface area contributed by atoms with E-state index in [-0.39, 0.29) is 33.1 Å². The molecule has 0 fully saturated rings. The minimum absolute atomic E-state index is 0.0254. The van der Waals surface area contributed by atoms with E-state index in [2.05, 4.69) is 135 Å². The van der Waals surface area contributed by atoms with E-state index in [1.54, 1.807) is 29.5 Å². The van der Waals surface area contributed by atoms with Gasteiger partial charge in [-0.3, -0.25) is 0 Å². The Hall–Kier alpha value is -7.20. The zero-order valence-electron chi connectivity index (χ0n) is 46.7. The maximum atomic E-state index is 9.01. The number of nitrogens with zero attached hydrogens (tertiary/aromatic N) is 2. The Morgan fingerprint density at radius 3 is 1.54 bits per heavy atom. The first kappa shape index (κ1) is 28.6. The van der Waals surface area contributed by atoms with Crippen molar-refractivity contribution in [1.29, 1.82) is 0 Å². The van der Waals surface area contributed by atoms with Gasteiger partial charge in [0.05, 0.1) is 46.8 Å². The SMILES string of the molecule is [2H]c1c([2H])c([2H])c(-c2cc(-c3ccc4c5c6c(cc7c8cc9c(cc8n(c4c3)c75)c3cc(C(C)(C)C)cc4c5cc(C(C)(C)C)ccc5n9c43)sc3ccccc36)cc(-c3c([2H])c([2H])c([2H])c([2H])c3[2H])c2)c([2H])c1[2H]. The van der Waals surface area contributed by atoms with Crippen LogP contribution in [0.15, 0.2) is 170 Å². The summed E-state index contributed by atoms with van der Waals surface area (Å²) >= 11 is 1.79. The summed E-state index contributed by atoms with van der Waals surface area (Å²) < 4.78 is 94.3. The minimum Gasteiger partial charge on any atom is -0.308 e. The molecule has 0 amide bonds. The largest absolute Gasteiger partial charge is 0.308 e. The molecule has 65 heavy (non-hydrogen) atoms. The van der Waals surface area contributed by atoms with E-state index in [0.717, 1.165) is 54.6 Å². The van der Waals surface area contributed by atoms with Crippen LogP contribution in [-0.2, 0) is 10.8 Å². The quantitative estimate of drug-likeness (QED) is 0.167. The molecule has 5 heterocycles. The zero-order chi connectivity index (χ0) is 52.4. The fourth-order valence-electron chi connectivity index (χ4n) is 10.8. The van der Waals surface area contributed by atoms with Gasteiger partial charge in [-0.1, -0.05) is 138 Å². The third-order valence-electron chi connectivity index (χ3n) is 14.0. The van der Waals surface area contributed by atoms with Gasteiger partial charge in [0.25, 0.3) is 0 Å². The van der Waals surface area contributed by atoms with Crippen LogP contribution >= 0.6 is 11.3 Å². The molecule has 3 heteroatoms. The van der Waals surface area contributed by atoms with Crippen LogP contribution in [0.4, 0.5) is 0 Å². The van der Waals surface area contributed by atoms with Crippen molar-refractivity contribution >= 4 is 108 Å².